The Labute approximate surface area is 81.1 Å². The summed E-state index contributed by atoms with van der Waals surface area (Å²) in [4.78, 5) is 18.6. The molecular formula is C8H11N3O3. The maximum Gasteiger partial charge on any atom is 0.376 e. The average Bonchev–Trinajstić information content (AvgIpc) is 2.25. The van der Waals surface area contributed by atoms with E-state index < -0.39 is 5.97 Å². The van der Waals surface area contributed by atoms with Gasteiger partial charge in [0.1, 0.15) is 6.61 Å². The van der Waals surface area contributed by atoms with Crippen molar-refractivity contribution in [3.63, 3.8) is 0 Å². The van der Waals surface area contributed by atoms with Crippen LogP contribution in [0.5, 0.6) is 5.88 Å². The molecule has 6 nitrogen and oxygen atoms in total. The van der Waals surface area contributed by atoms with Gasteiger partial charge in [-0.3, -0.25) is 0 Å². The smallest absolute Gasteiger partial charge is 0.376 e. The number of nitrogens with two attached hydrogens (primary N) is 1. The molecule has 1 aromatic rings. The third kappa shape index (κ3) is 2.67. The summed E-state index contributed by atoms with van der Waals surface area (Å²) >= 11 is 0. The molecule has 0 spiro atoms. The Balaban J connectivity index is 2.73. The highest BCUT2D eigenvalue weighted by Crippen LogP contribution is 2.05. The topological polar surface area (TPSA) is 87.3 Å². The SMILES string of the molecule is COC(=O)c1nccc(OCCN)n1. The van der Waals surface area contributed by atoms with Crippen LogP contribution in [-0.2, 0) is 4.74 Å². The van der Waals surface area contributed by atoms with E-state index in [4.69, 9.17) is 10.5 Å². The number of methoxy groups -OCH3 is 1. The monoisotopic (exact) mass is 197 g/mol. The van der Waals surface area contributed by atoms with Crippen LogP contribution >= 0.6 is 0 Å². The minimum atomic E-state index is -0.594. The molecule has 0 amide bonds. The number of carbonyl (C=O) groups is 1. The van der Waals surface area contributed by atoms with Crippen molar-refractivity contribution >= 4 is 5.97 Å². The molecule has 1 heterocycles. The van der Waals surface area contributed by atoms with E-state index in [0.29, 0.717) is 19.0 Å². The molecule has 0 bridgehead atoms. The van der Waals surface area contributed by atoms with Gasteiger partial charge >= 0.3 is 5.97 Å². The third-order valence-corrected chi connectivity index (χ3v) is 1.37. The van der Waals surface area contributed by atoms with Crippen LogP contribution in [0.25, 0.3) is 0 Å². The predicted octanol–water partition coefficient (Wildman–Crippen LogP) is -0.399. The maximum absolute atomic E-state index is 11.0. The van der Waals surface area contributed by atoms with Crippen molar-refractivity contribution in [1.82, 2.24) is 9.97 Å². The largest absolute Gasteiger partial charge is 0.476 e. The highest BCUT2D eigenvalue weighted by Gasteiger charge is 2.09. The van der Waals surface area contributed by atoms with Crippen molar-refractivity contribution < 1.29 is 14.3 Å². The van der Waals surface area contributed by atoms with Crippen molar-refractivity contribution in [3.05, 3.63) is 18.1 Å². The van der Waals surface area contributed by atoms with Crippen LogP contribution in [0.3, 0.4) is 0 Å². The van der Waals surface area contributed by atoms with Gasteiger partial charge in [0.05, 0.1) is 7.11 Å². The summed E-state index contributed by atoms with van der Waals surface area (Å²) in [6, 6.07) is 1.54. The number of hydrogen-bond acceptors (Lipinski definition) is 6. The fourth-order valence-electron chi connectivity index (χ4n) is 0.776. The van der Waals surface area contributed by atoms with E-state index in [0.717, 1.165) is 0 Å². The molecule has 1 aromatic heterocycles. The molecule has 0 radical (unpaired) electrons. The fourth-order valence-corrected chi connectivity index (χ4v) is 0.776. The first-order chi connectivity index (χ1) is 6.77. The zero-order chi connectivity index (χ0) is 10.4. The number of aromatic nitrogens is 2. The summed E-state index contributed by atoms with van der Waals surface area (Å²) in [7, 11) is 1.26. The fraction of sp³-hybridized carbons (Fsp3) is 0.375. The van der Waals surface area contributed by atoms with Gasteiger partial charge in [0, 0.05) is 18.8 Å². The summed E-state index contributed by atoms with van der Waals surface area (Å²) in [6.45, 7) is 0.731. The Bertz CT molecular complexity index is 316. The van der Waals surface area contributed by atoms with Crippen molar-refractivity contribution in [2.45, 2.75) is 0 Å². The first-order valence-corrected chi connectivity index (χ1v) is 4.02. The van der Waals surface area contributed by atoms with Crippen molar-refractivity contribution in [3.8, 4) is 5.88 Å². The first-order valence-electron chi connectivity index (χ1n) is 4.02. The van der Waals surface area contributed by atoms with Gasteiger partial charge in [-0.1, -0.05) is 0 Å². The van der Waals surface area contributed by atoms with Crippen LogP contribution in [-0.4, -0.2) is 36.2 Å². The van der Waals surface area contributed by atoms with E-state index in [-0.39, 0.29) is 5.82 Å². The Morgan fingerprint density at radius 3 is 3.07 bits per heavy atom. The molecule has 0 aliphatic rings. The molecule has 0 fully saturated rings. The molecule has 0 unspecified atom stereocenters. The number of ether oxygens (including phenoxy) is 2. The number of nitrogens with zero attached hydrogens (tertiary/aromatic N) is 2. The summed E-state index contributed by atoms with van der Waals surface area (Å²) in [5.74, 6) is -0.309. The molecule has 0 aliphatic carbocycles. The quantitative estimate of drug-likeness (QED) is 0.661. The third-order valence-electron chi connectivity index (χ3n) is 1.37. The number of esters is 1. The number of hydrogen-bond donors (Lipinski definition) is 1. The van der Waals surface area contributed by atoms with Crippen molar-refractivity contribution in [2.24, 2.45) is 5.73 Å². The van der Waals surface area contributed by atoms with Gasteiger partial charge in [-0.2, -0.15) is 4.98 Å². The van der Waals surface area contributed by atoms with Crippen LogP contribution < -0.4 is 10.5 Å². The lowest BCUT2D eigenvalue weighted by atomic mass is 10.5. The van der Waals surface area contributed by atoms with Gasteiger partial charge in [-0.15, -0.1) is 0 Å². The van der Waals surface area contributed by atoms with Crippen LogP contribution in [0.15, 0.2) is 12.3 Å². The van der Waals surface area contributed by atoms with Crippen molar-refractivity contribution in [2.75, 3.05) is 20.3 Å². The second-order valence-electron chi connectivity index (χ2n) is 2.35. The van der Waals surface area contributed by atoms with Gasteiger partial charge in [-0.05, 0) is 0 Å². The molecule has 0 aliphatic heterocycles. The lowest BCUT2D eigenvalue weighted by molar-refractivity contribution is 0.0585. The first kappa shape index (κ1) is 10.4. The van der Waals surface area contributed by atoms with E-state index >= 15 is 0 Å². The van der Waals surface area contributed by atoms with Gasteiger partial charge < -0.3 is 15.2 Å². The van der Waals surface area contributed by atoms with Gasteiger partial charge in [0.15, 0.2) is 0 Å². The molecule has 0 atom stereocenters. The normalized spacial score (nSPS) is 9.57. The van der Waals surface area contributed by atoms with E-state index in [9.17, 15) is 4.79 Å². The highest BCUT2D eigenvalue weighted by molar-refractivity contribution is 5.84. The second kappa shape index (κ2) is 5.13. The Kier molecular flexibility index (Phi) is 3.81. The molecule has 76 valence electrons. The minimum absolute atomic E-state index is 0.0259. The Hall–Kier alpha value is -1.69. The lowest BCUT2D eigenvalue weighted by Crippen LogP contribution is -2.13. The standard InChI is InChI=1S/C8H11N3O3/c1-13-8(12)7-10-4-2-6(11-7)14-5-3-9/h2,4H,3,5,9H2,1H3. The van der Waals surface area contributed by atoms with Gasteiger partial charge in [-0.25, -0.2) is 9.78 Å². The summed E-state index contributed by atoms with van der Waals surface area (Å²) in [5.41, 5.74) is 5.24. The van der Waals surface area contributed by atoms with Gasteiger partial charge in [0.2, 0.25) is 11.7 Å². The zero-order valence-corrected chi connectivity index (χ0v) is 7.77. The van der Waals surface area contributed by atoms with E-state index in [1.165, 1.54) is 13.3 Å². The lowest BCUT2D eigenvalue weighted by Gasteiger charge is -2.03. The molecule has 2 N–H and O–H groups in total. The van der Waals surface area contributed by atoms with Crippen LogP contribution in [0.2, 0.25) is 0 Å². The molecule has 6 heteroatoms. The highest BCUT2D eigenvalue weighted by atomic mass is 16.5. The summed E-state index contributed by atoms with van der Waals surface area (Å²) < 4.78 is 9.56. The number of carbonyl (C=O) groups excluding carboxylic acids is 1. The van der Waals surface area contributed by atoms with E-state index in [1.807, 2.05) is 0 Å². The maximum atomic E-state index is 11.0. The van der Waals surface area contributed by atoms with Crippen LogP contribution in [0.4, 0.5) is 0 Å². The van der Waals surface area contributed by atoms with E-state index in [2.05, 4.69) is 14.7 Å². The summed E-state index contributed by atoms with van der Waals surface area (Å²) in [5, 5.41) is 0. The molecule has 0 aromatic carbocycles. The zero-order valence-electron chi connectivity index (χ0n) is 7.77. The number of rotatable bonds is 4. The predicted molar refractivity (Wildman–Crippen MR) is 47.9 cm³/mol. The van der Waals surface area contributed by atoms with E-state index in [1.54, 1.807) is 6.07 Å². The summed E-state index contributed by atoms with van der Waals surface area (Å²) in [6.07, 6.45) is 1.42. The molecule has 0 saturated heterocycles. The molecular weight excluding hydrogens is 186 g/mol. The van der Waals surface area contributed by atoms with Gasteiger partial charge in [0.25, 0.3) is 0 Å². The molecule has 0 saturated carbocycles. The molecule has 1 rings (SSSR count). The minimum Gasteiger partial charge on any atom is -0.476 e. The second-order valence-corrected chi connectivity index (χ2v) is 2.35. The Morgan fingerprint density at radius 2 is 2.43 bits per heavy atom. The molecule has 14 heavy (non-hydrogen) atoms. The van der Waals surface area contributed by atoms with Crippen LogP contribution in [0, 0.1) is 0 Å². The van der Waals surface area contributed by atoms with Crippen LogP contribution in [0.1, 0.15) is 10.6 Å². The Morgan fingerprint density at radius 1 is 1.64 bits per heavy atom. The van der Waals surface area contributed by atoms with Crippen molar-refractivity contribution in [1.29, 1.82) is 0 Å². The average molecular weight is 197 g/mol.